The number of alkyl halides is 5. The van der Waals surface area contributed by atoms with E-state index in [0.717, 1.165) is 0 Å². The lowest BCUT2D eigenvalue weighted by Gasteiger charge is -2.24. The van der Waals surface area contributed by atoms with Gasteiger partial charge in [-0.2, -0.15) is 4.99 Å². The summed E-state index contributed by atoms with van der Waals surface area (Å²) in [5.41, 5.74) is 0. The molecule has 0 aliphatic rings. The highest BCUT2D eigenvalue weighted by Crippen LogP contribution is 2.27. The van der Waals surface area contributed by atoms with Crippen molar-refractivity contribution in [2.24, 2.45) is 10.9 Å². The highest BCUT2D eigenvalue weighted by atomic mass is 35.5. The summed E-state index contributed by atoms with van der Waals surface area (Å²) in [6, 6.07) is -0.672. The van der Waals surface area contributed by atoms with Crippen molar-refractivity contribution in [1.29, 1.82) is 0 Å². The van der Waals surface area contributed by atoms with Crippen LogP contribution >= 0.6 is 58.0 Å². The molecule has 82 valence electrons. The van der Waals surface area contributed by atoms with Crippen LogP contribution in [0.15, 0.2) is 4.99 Å². The monoisotopic (exact) mass is 297 g/mol. The van der Waals surface area contributed by atoms with Crippen molar-refractivity contribution < 1.29 is 4.79 Å². The van der Waals surface area contributed by atoms with Gasteiger partial charge < -0.3 is 0 Å². The predicted molar refractivity (Wildman–Crippen MR) is 62.0 cm³/mol. The maximum Gasteiger partial charge on any atom is 0.235 e. The van der Waals surface area contributed by atoms with E-state index in [-0.39, 0.29) is 17.7 Å². The minimum absolute atomic E-state index is 0.173. The molecule has 0 rings (SSSR count). The fourth-order valence-corrected chi connectivity index (χ4v) is 2.36. The molecule has 0 aromatic heterocycles. The molecule has 3 atom stereocenters. The van der Waals surface area contributed by atoms with Gasteiger partial charge in [-0.05, 0) is 0 Å². The molecule has 0 aliphatic heterocycles. The minimum Gasteiger partial charge on any atom is -0.211 e. The van der Waals surface area contributed by atoms with E-state index in [0.29, 0.717) is 0 Å². The highest BCUT2D eigenvalue weighted by molar-refractivity contribution is 6.45. The van der Waals surface area contributed by atoms with Crippen molar-refractivity contribution in [2.75, 3.05) is 11.8 Å². The molecule has 0 bridgehead atoms. The predicted octanol–water partition coefficient (Wildman–Crippen LogP) is 3.20. The number of hydrogen-bond donors (Lipinski definition) is 0. The molecule has 0 radical (unpaired) electrons. The lowest BCUT2D eigenvalue weighted by atomic mass is 10.0. The van der Waals surface area contributed by atoms with Crippen molar-refractivity contribution in [2.45, 2.75) is 16.3 Å². The molecule has 0 fully saturated rings. The van der Waals surface area contributed by atoms with Crippen molar-refractivity contribution in [1.82, 2.24) is 0 Å². The van der Waals surface area contributed by atoms with Crippen LogP contribution in [0.1, 0.15) is 0 Å². The van der Waals surface area contributed by atoms with Crippen molar-refractivity contribution in [3.8, 4) is 0 Å². The molecule has 0 amide bonds. The smallest absolute Gasteiger partial charge is 0.211 e. The molecule has 0 aliphatic carbocycles. The summed E-state index contributed by atoms with van der Waals surface area (Å²) in [6.07, 6.45) is 1.39. The van der Waals surface area contributed by atoms with Gasteiger partial charge in [0.2, 0.25) is 6.08 Å². The highest BCUT2D eigenvalue weighted by Gasteiger charge is 2.31. The second-order valence-electron chi connectivity index (χ2n) is 2.53. The van der Waals surface area contributed by atoms with Crippen LogP contribution in [0.4, 0.5) is 0 Å². The van der Waals surface area contributed by atoms with E-state index >= 15 is 0 Å². The molecule has 7 heteroatoms. The number of halogens is 5. The average molecular weight is 299 g/mol. The fourth-order valence-electron chi connectivity index (χ4n) is 0.916. The Hall–Kier alpha value is 0.830. The maximum absolute atomic E-state index is 10.1. The Kier molecular flexibility index (Phi) is 8.51. The molecule has 0 N–H and O–H groups in total. The fraction of sp³-hybridized carbons (Fsp3) is 0.857. The molecule has 0 aromatic rings. The van der Waals surface area contributed by atoms with Crippen LogP contribution in [0.25, 0.3) is 0 Å². The Bertz CT molecular complexity index is 206. The Morgan fingerprint density at radius 1 is 1.14 bits per heavy atom. The van der Waals surface area contributed by atoms with Gasteiger partial charge in [0.05, 0.1) is 11.4 Å². The van der Waals surface area contributed by atoms with E-state index in [1.807, 2.05) is 0 Å². The summed E-state index contributed by atoms with van der Waals surface area (Å²) in [5, 5.41) is -0.434. The number of carbonyl (C=O) groups excluding carboxylic acids is 1. The van der Waals surface area contributed by atoms with E-state index < -0.39 is 16.3 Å². The van der Waals surface area contributed by atoms with Gasteiger partial charge in [-0.1, -0.05) is 0 Å². The van der Waals surface area contributed by atoms with Crippen molar-refractivity contribution in [3.63, 3.8) is 0 Å². The Labute approximate surface area is 108 Å². The molecule has 0 aromatic carbocycles. The molecule has 0 spiro atoms. The third-order valence-corrected chi connectivity index (χ3v) is 3.53. The SMILES string of the molecule is O=C=NC(C(Cl)Cl)C(CCl)C(Cl)CCl. The Balaban J connectivity index is 4.65. The third-order valence-electron chi connectivity index (χ3n) is 1.69. The topological polar surface area (TPSA) is 29.4 Å². The van der Waals surface area contributed by atoms with Gasteiger partial charge in [0.25, 0.3) is 0 Å². The summed E-state index contributed by atoms with van der Waals surface area (Å²) in [7, 11) is 0. The average Bonchev–Trinajstić information content (AvgIpc) is 2.16. The zero-order chi connectivity index (χ0) is 11.1. The van der Waals surface area contributed by atoms with E-state index in [1.165, 1.54) is 6.08 Å². The van der Waals surface area contributed by atoms with E-state index in [9.17, 15) is 4.79 Å². The summed E-state index contributed by atoms with van der Waals surface area (Å²) in [4.78, 5) is 12.7. The van der Waals surface area contributed by atoms with Gasteiger partial charge in [0, 0.05) is 17.7 Å². The second-order valence-corrected chi connectivity index (χ2v) is 4.88. The van der Waals surface area contributed by atoms with E-state index in [1.54, 1.807) is 0 Å². The van der Waals surface area contributed by atoms with Gasteiger partial charge in [0.15, 0.2) is 0 Å². The molecule has 3 unspecified atom stereocenters. The third kappa shape index (κ3) is 4.57. The van der Waals surface area contributed by atoms with Gasteiger partial charge in [-0.25, -0.2) is 4.79 Å². The first kappa shape index (κ1) is 14.8. The zero-order valence-corrected chi connectivity index (χ0v) is 10.7. The van der Waals surface area contributed by atoms with Crippen LogP contribution in [0.2, 0.25) is 0 Å². The first-order valence-electron chi connectivity index (χ1n) is 3.69. The minimum atomic E-state index is -0.857. The second kappa shape index (κ2) is 8.04. The number of isocyanates is 1. The Morgan fingerprint density at radius 2 is 1.71 bits per heavy atom. The molecule has 0 heterocycles. The van der Waals surface area contributed by atoms with Crippen LogP contribution in [0, 0.1) is 5.92 Å². The lowest BCUT2D eigenvalue weighted by Crippen LogP contribution is -2.34. The summed E-state index contributed by atoms with van der Waals surface area (Å²) in [5.74, 6) is 0.00839. The number of hydrogen-bond acceptors (Lipinski definition) is 2. The molecular weight excluding hydrogens is 291 g/mol. The van der Waals surface area contributed by atoms with Crippen LogP contribution in [-0.4, -0.2) is 34.1 Å². The molecule has 0 saturated carbocycles. The van der Waals surface area contributed by atoms with Crippen LogP contribution in [-0.2, 0) is 4.79 Å². The van der Waals surface area contributed by atoms with Gasteiger partial charge in [-0.15, -0.1) is 58.0 Å². The van der Waals surface area contributed by atoms with Gasteiger partial charge in [-0.3, -0.25) is 0 Å². The van der Waals surface area contributed by atoms with Gasteiger partial charge in [0.1, 0.15) is 4.84 Å². The zero-order valence-electron chi connectivity index (χ0n) is 6.97. The molecular formula is C7H8Cl5NO. The van der Waals surface area contributed by atoms with Crippen molar-refractivity contribution >= 4 is 64.1 Å². The standard InChI is InChI=1S/C7H8Cl5NO/c8-1-4(5(10)2-9)6(7(11)12)13-3-14/h4-7H,1-2H2. The number of nitrogens with zero attached hydrogens (tertiary/aromatic N) is 1. The van der Waals surface area contributed by atoms with E-state index in [2.05, 4.69) is 4.99 Å². The lowest BCUT2D eigenvalue weighted by molar-refractivity contribution is 0.470. The molecule has 2 nitrogen and oxygen atoms in total. The molecule has 0 saturated heterocycles. The summed E-state index contributed by atoms with van der Waals surface area (Å²) >= 11 is 28.4. The summed E-state index contributed by atoms with van der Waals surface area (Å²) in [6.45, 7) is 0. The first-order chi connectivity index (χ1) is 6.58. The molecule has 14 heavy (non-hydrogen) atoms. The number of aliphatic imine (C=N–C) groups is 1. The van der Waals surface area contributed by atoms with Gasteiger partial charge >= 0.3 is 0 Å². The first-order valence-corrected chi connectivity index (χ1v) is 6.07. The normalized spacial score (nSPS) is 17.3. The summed E-state index contributed by atoms with van der Waals surface area (Å²) < 4.78 is 0. The van der Waals surface area contributed by atoms with Crippen LogP contribution < -0.4 is 0 Å². The van der Waals surface area contributed by atoms with E-state index in [4.69, 9.17) is 58.0 Å². The largest absolute Gasteiger partial charge is 0.235 e. The maximum atomic E-state index is 10.1. The van der Waals surface area contributed by atoms with Crippen molar-refractivity contribution in [3.05, 3.63) is 0 Å². The van der Waals surface area contributed by atoms with Crippen LogP contribution in [0.5, 0.6) is 0 Å². The quantitative estimate of drug-likeness (QED) is 0.421. The Morgan fingerprint density at radius 3 is 2.00 bits per heavy atom. The number of rotatable bonds is 6. The van der Waals surface area contributed by atoms with Crippen LogP contribution in [0.3, 0.4) is 0 Å².